The summed E-state index contributed by atoms with van der Waals surface area (Å²) in [7, 11) is 0. The fraction of sp³-hybridized carbons (Fsp3) is 0.857. The van der Waals surface area contributed by atoms with Crippen LogP contribution in [0.4, 0.5) is 4.79 Å². The van der Waals surface area contributed by atoms with Crippen LogP contribution in [0.25, 0.3) is 0 Å². The molecule has 114 valence electrons. The molecular formula is C14H26N4O2. The van der Waals surface area contributed by atoms with Gasteiger partial charge in [-0.2, -0.15) is 0 Å². The maximum absolute atomic E-state index is 12.3. The normalized spacial score (nSPS) is 23.0. The van der Waals surface area contributed by atoms with Crippen LogP contribution in [0.1, 0.15) is 26.7 Å². The fourth-order valence-electron chi connectivity index (χ4n) is 2.93. The SMILES string of the molecule is CCN(CC)C(=O)N1CCN(C(=O)[C@@H]2CCCN2)CC1. The Balaban J connectivity index is 1.82. The Morgan fingerprint density at radius 2 is 1.70 bits per heavy atom. The van der Waals surface area contributed by atoms with Crippen molar-refractivity contribution in [2.24, 2.45) is 0 Å². The highest BCUT2D eigenvalue weighted by molar-refractivity contribution is 5.82. The molecule has 0 radical (unpaired) electrons. The highest BCUT2D eigenvalue weighted by atomic mass is 16.2. The van der Waals surface area contributed by atoms with Gasteiger partial charge in [-0.1, -0.05) is 0 Å². The number of amides is 3. The molecule has 6 heteroatoms. The number of nitrogens with zero attached hydrogens (tertiary/aromatic N) is 3. The smallest absolute Gasteiger partial charge is 0.320 e. The molecule has 2 heterocycles. The third kappa shape index (κ3) is 3.23. The van der Waals surface area contributed by atoms with Gasteiger partial charge in [-0.3, -0.25) is 4.79 Å². The maximum atomic E-state index is 12.3. The van der Waals surface area contributed by atoms with Crippen LogP contribution in [0.3, 0.4) is 0 Å². The second kappa shape index (κ2) is 6.92. The van der Waals surface area contributed by atoms with E-state index in [0.29, 0.717) is 26.2 Å². The summed E-state index contributed by atoms with van der Waals surface area (Å²) in [5, 5.41) is 3.24. The first-order chi connectivity index (χ1) is 9.67. The first-order valence-electron chi connectivity index (χ1n) is 7.73. The van der Waals surface area contributed by atoms with Crippen molar-refractivity contribution in [1.29, 1.82) is 0 Å². The van der Waals surface area contributed by atoms with Gasteiger partial charge < -0.3 is 20.0 Å². The number of carbonyl (C=O) groups is 2. The molecule has 0 unspecified atom stereocenters. The minimum atomic E-state index is 0.0000311. The molecule has 0 bridgehead atoms. The van der Waals surface area contributed by atoms with E-state index in [1.54, 1.807) is 0 Å². The lowest BCUT2D eigenvalue weighted by Crippen LogP contribution is -2.56. The molecule has 0 saturated carbocycles. The fourth-order valence-corrected chi connectivity index (χ4v) is 2.93. The molecule has 2 rings (SSSR count). The van der Waals surface area contributed by atoms with Crippen molar-refractivity contribution in [3.05, 3.63) is 0 Å². The second-order valence-electron chi connectivity index (χ2n) is 5.42. The van der Waals surface area contributed by atoms with E-state index in [0.717, 1.165) is 32.5 Å². The molecule has 0 spiro atoms. The topological polar surface area (TPSA) is 55.9 Å². The average molecular weight is 282 g/mol. The zero-order valence-electron chi connectivity index (χ0n) is 12.6. The van der Waals surface area contributed by atoms with Gasteiger partial charge in [-0.25, -0.2) is 4.79 Å². The van der Waals surface area contributed by atoms with Gasteiger partial charge in [0, 0.05) is 39.3 Å². The molecule has 0 aromatic carbocycles. The van der Waals surface area contributed by atoms with Crippen LogP contribution in [0, 0.1) is 0 Å². The Morgan fingerprint density at radius 1 is 1.10 bits per heavy atom. The van der Waals surface area contributed by atoms with Gasteiger partial charge in [0.05, 0.1) is 6.04 Å². The molecule has 2 fully saturated rings. The lowest BCUT2D eigenvalue weighted by molar-refractivity contribution is -0.134. The summed E-state index contributed by atoms with van der Waals surface area (Å²) in [6.07, 6.45) is 2.02. The maximum Gasteiger partial charge on any atom is 0.320 e. The molecule has 2 saturated heterocycles. The lowest BCUT2D eigenvalue weighted by Gasteiger charge is -2.38. The van der Waals surface area contributed by atoms with Gasteiger partial charge in [0.2, 0.25) is 5.91 Å². The Kier molecular flexibility index (Phi) is 5.23. The summed E-state index contributed by atoms with van der Waals surface area (Å²) in [5.74, 6) is 0.206. The highest BCUT2D eigenvalue weighted by Crippen LogP contribution is 2.12. The van der Waals surface area contributed by atoms with Crippen molar-refractivity contribution in [2.45, 2.75) is 32.7 Å². The van der Waals surface area contributed by atoms with Crippen molar-refractivity contribution >= 4 is 11.9 Å². The number of piperazine rings is 1. The van der Waals surface area contributed by atoms with Crippen molar-refractivity contribution in [2.75, 3.05) is 45.8 Å². The first kappa shape index (κ1) is 15.1. The molecule has 20 heavy (non-hydrogen) atoms. The monoisotopic (exact) mass is 282 g/mol. The van der Waals surface area contributed by atoms with E-state index in [2.05, 4.69) is 5.32 Å². The first-order valence-corrected chi connectivity index (χ1v) is 7.73. The quantitative estimate of drug-likeness (QED) is 0.812. The van der Waals surface area contributed by atoms with E-state index in [4.69, 9.17) is 0 Å². The van der Waals surface area contributed by atoms with Crippen LogP contribution in [0.15, 0.2) is 0 Å². The molecule has 1 atom stereocenters. The van der Waals surface area contributed by atoms with Gasteiger partial charge in [-0.15, -0.1) is 0 Å². The minimum absolute atomic E-state index is 0.0000311. The Labute approximate surface area is 121 Å². The Bertz CT molecular complexity index is 321. The van der Waals surface area contributed by atoms with Crippen LogP contribution in [0.5, 0.6) is 0 Å². The summed E-state index contributed by atoms with van der Waals surface area (Å²) in [6, 6.07) is 0.0983. The number of nitrogens with one attached hydrogen (secondary N) is 1. The van der Waals surface area contributed by atoms with Crippen LogP contribution in [-0.2, 0) is 4.79 Å². The molecular weight excluding hydrogens is 256 g/mol. The summed E-state index contributed by atoms with van der Waals surface area (Å²) in [5.41, 5.74) is 0. The van der Waals surface area contributed by atoms with Crippen LogP contribution >= 0.6 is 0 Å². The van der Waals surface area contributed by atoms with E-state index in [-0.39, 0.29) is 18.0 Å². The third-order valence-electron chi connectivity index (χ3n) is 4.25. The molecule has 1 N–H and O–H groups in total. The van der Waals surface area contributed by atoms with E-state index >= 15 is 0 Å². The van der Waals surface area contributed by atoms with Crippen LogP contribution < -0.4 is 5.32 Å². The predicted octanol–water partition coefficient (Wildman–Crippen LogP) is 0.344. The zero-order chi connectivity index (χ0) is 14.5. The van der Waals surface area contributed by atoms with E-state index in [9.17, 15) is 9.59 Å². The minimum Gasteiger partial charge on any atom is -0.338 e. The van der Waals surface area contributed by atoms with E-state index in [1.807, 2.05) is 28.5 Å². The molecule has 3 amide bonds. The number of hydrogen-bond donors (Lipinski definition) is 1. The van der Waals surface area contributed by atoms with Gasteiger partial charge >= 0.3 is 6.03 Å². The summed E-state index contributed by atoms with van der Waals surface area (Å²) >= 11 is 0. The lowest BCUT2D eigenvalue weighted by atomic mass is 10.2. The van der Waals surface area contributed by atoms with Crippen LogP contribution in [-0.4, -0.2) is 78.5 Å². The molecule has 6 nitrogen and oxygen atoms in total. The van der Waals surface area contributed by atoms with Crippen molar-refractivity contribution in [3.8, 4) is 0 Å². The van der Waals surface area contributed by atoms with Crippen molar-refractivity contribution in [1.82, 2.24) is 20.0 Å². The van der Waals surface area contributed by atoms with Gasteiger partial charge in [0.15, 0.2) is 0 Å². The van der Waals surface area contributed by atoms with E-state index in [1.165, 1.54) is 0 Å². The van der Waals surface area contributed by atoms with Crippen molar-refractivity contribution < 1.29 is 9.59 Å². The average Bonchev–Trinajstić information content (AvgIpc) is 3.02. The third-order valence-corrected chi connectivity index (χ3v) is 4.25. The largest absolute Gasteiger partial charge is 0.338 e. The Hall–Kier alpha value is -1.30. The van der Waals surface area contributed by atoms with Gasteiger partial charge in [0.1, 0.15) is 0 Å². The predicted molar refractivity (Wildman–Crippen MR) is 77.5 cm³/mol. The molecule has 0 aliphatic carbocycles. The van der Waals surface area contributed by atoms with Crippen molar-refractivity contribution in [3.63, 3.8) is 0 Å². The second-order valence-corrected chi connectivity index (χ2v) is 5.42. The zero-order valence-corrected chi connectivity index (χ0v) is 12.6. The molecule has 2 aliphatic heterocycles. The van der Waals surface area contributed by atoms with Gasteiger partial charge in [0.25, 0.3) is 0 Å². The Morgan fingerprint density at radius 3 is 2.20 bits per heavy atom. The van der Waals surface area contributed by atoms with Crippen LogP contribution in [0.2, 0.25) is 0 Å². The standard InChI is InChI=1S/C14H26N4O2/c1-3-16(4-2)14(20)18-10-8-17(9-11-18)13(19)12-6-5-7-15-12/h12,15H,3-11H2,1-2H3/t12-/m0/s1. The summed E-state index contributed by atoms with van der Waals surface area (Å²) in [4.78, 5) is 30.1. The number of rotatable bonds is 3. The number of carbonyl (C=O) groups excluding carboxylic acids is 2. The summed E-state index contributed by atoms with van der Waals surface area (Å²) in [6.45, 7) is 9.01. The highest BCUT2D eigenvalue weighted by Gasteiger charge is 2.31. The number of hydrogen-bond acceptors (Lipinski definition) is 3. The van der Waals surface area contributed by atoms with E-state index < -0.39 is 0 Å². The molecule has 2 aliphatic rings. The molecule has 0 aromatic rings. The van der Waals surface area contributed by atoms with Gasteiger partial charge in [-0.05, 0) is 33.2 Å². The summed E-state index contributed by atoms with van der Waals surface area (Å²) < 4.78 is 0. The molecule has 0 aromatic heterocycles. The number of urea groups is 1.